The van der Waals surface area contributed by atoms with Crippen molar-refractivity contribution in [3.05, 3.63) is 24.3 Å². The van der Waals surface area contributed by atoms with E-state index in [1.807, 2.05) is 27.2 Å². The normalized spacial score (nSPS) is 13.6. The third-order valence-electron chi connectivity index (χ3n) is 17.9. The Balaban J connectivity index is 3.91. The molecule has 0 aliphatic rings. The first-order valence-corrected chi connectivity index (χ1v) is 39.7. The molecule has 0 rings (SSSR count). The highest BCUT2D eigenvalue weighted by Crippen LogP contribution is 2.38. The zero-order valence-corrected chi connectivity index (χ0v) is 59.0. The van der Waals surface area contributed by atoms with E-state index < -0.39 is 20.0 Å². The van der Waals surface area contributed by atoms with Crippen molar-refractivity contribution in [3.8, 4) is 0 Å². The molecule has 0 bridgehead atoms. The van der Waals surface area contributed by atoms with Crippen LogP contribution in [0.15, 0.2) is 24.3 Å². The Bertz CT molecular complexity index is 1430. The highest BCUT2D eigenvalue weighted by atomic mass is 31.2. The fraction of sp³-hybridized carbons (Fsp3) is 0.934. The van der Waals surface area contributed by atoms with Crippen molar-refractivity contribution in [2.75, 3.05) is 40.9 Å². The fourth-order valence-corrected chi connectivity index (χ4v) is 12.7. The number of aliphatic hydroxyl groups is 1. The number of phosphoric acid groups is 1. The van der Waals surface area contributed by atoms with Crippen LogP contribution in [0.25, 0.3) is 0 Å². The van der Waals surface area contributed by atoms with Gasteiger partial charge in [0, 0.05) is 6.42 Å². The summed E-state index contributed by atoms with van der Waals surface area (Å²) >= 11 is 0. The second-order valence-electron chi connectivity index (χ2n) is 27.7. The van der Waals surface area contributed by atoms with E-state index in [0.29, 0.717) is 17.4 Å². The molecule has 0 saturated carbocycles. The number of allylic oxidation sites excluding steroid dienone is 3. The molecule has 8 nitrogen and oxygen atoms in total. The van der Waals surface area contributed by atoms with E-state index in [2.05, 4.69) is 31.3 Å². The van der Waals surface area contributed by atoms with Crippen LogP contribution >= 0.6 is 7.82 Å². The van der Waals surface area contributed by atoms with Crippen LogP contribution in [0.4, 0.5) is 0 Å². The third-order valence-corrected chi connectivity index (χ3v) is 18.9. The molecule has 0 saturated heterocycles. The second kappa shape index (κ2) is 67.4. The van der Waals surface area contributed by atoms with Crippen molar-refractivity contribution in [2.45, 2.75) is 418 Å². The minimum Gasteiger partial charge on any atom is -0.756 e. The van der Waals surface area contributed by atoms with Gasteiger partial charge in [0.25, 0.3) is 7.82 Å². The topological polar surface area (TPSA) is 108 Å². The Morgan fingerprint density at radius 1 is 0.400 bits per heavy atom. The number of nitrogens with zero attached hydrogens (tertiary/aromatic N) is 1. The average Bonchev–Trinajstić information content (AvgIpc) is 3.49. The number of quaternary nitrogens is 1. The smallest absolute Gasteiger partial charge is 0.268 e. The van der Waals surface area contributed by atoms with Crippen molar-refractivity contribution in [2.24, 2.45) is 0 Å². The van der Waals surface area contributed by atoms with Crippen molar-refractivity contribution < 1.29 is 32.9 Å². The van der Waals surface area contributed by atoms with Crippen LogP contribution in [0.5, 0.6) is 0 Å². The van der Waals surface area contributed by atoms with Crippen molar-refractivity contribution in [3.63, 3.8) is 0 Å². The number of rotatable bonds is 72. The molecule has 1 amide bonds. The maximum Gasteiger partial charge on any atom is 0.268 e. The van der Waals surface area contributed by atoms with Crippen LogP contribution in [0.3, 0.4) is 0 Å². The highest BCUT2D eigenvalue weighted by Gasteiger charge is 2.23. The predicted molar refractivity (Wildman–Crippen MR) is 372 cm³/mol. The van der Waals surface area contributed by atoms with Crippen molar-refractivity contribution in [1.82, 2.24) is 5.32 Å². The number of carbonyl (C=O) groups is 1. The summed E-state index contributed by atoms with van der Waals surface area (Å²) in [6.45, 7) is 4.72. The Kier molecular flexibility index (Phi) is 66.6. The van der Waals surface area contributed by atoms with Gasteiger partial charge in [0.2, 0.25) is 5.91 Å². The fourth-order valence-electron chi connectivity index (χ4n) is 12.0. The Morgan fingerprint density at radius 3 is 0.918 bits per heavy atom. The second-order valence-corrected chi connectivity index (χ2v) is 29.1. The Hall–Kier alpha value is -1.02. The van der Waals surface area contributed by atoms with Crippen LogP contribution in [0.2, 0.25) is 0 Å². The molecule has 3 atom stereocenters. The van der Waals surface area contributed by atoms with Crippen LogP contribution in [0.1, 0.15) is 406 Å². The van der Waals surface area contributed by atoms with Crippen LogP contribution in [-0.2, 0) is 18.4 Å². The summed E-state index contributed by atoms with van der Waals surface area (Å²) in [5.74, 6) is -0.187. The van der Waals surface area contributed by atoms with E-state index in [9.17, 15) is 19.4 Å². The number of likely N-dealkylation sites (N-methyl/N-ethyl adjacent to an activating group) is 1. The van der Waals surface area contributed by atoms with Gasteiger partial charge >= 0.3 is 0 Å². The average molecular weight is 1220 g/mol. The van der Waals surface area contributed by atoms with Crippen molar-refractivity contribution in [1.29, 1.82) is 0 Å². The van der Waals surface area contributed by atoms with E-state index in [1.165, 1.54) is 347 Å². The van der Waals surface area contributed by atoms with Gasteiger partial charge in [-0.1, -0.05) is 378 Å². The number of amides is 1. The molecule has 0 aromatic rings. The number of hydrogen-bond donors (Lipinski definition) is 2. The zero-order chi connectivity index (χ0) is 61.9. The van der Waals surface area contributed by atoms with Gasteiger partial charge in [-0.3, -0.25) is 9.36 Å². The van der Waals surface area contributed by atoms with E-state index in [-0.39, 0.29) is 19.1 Å². The summed E-state index contributed by atoms with van der Waals surface area (Å²) in [5.41, 5.74) is 0. The summed E-state index contributed by atoms with van der Waals surface area (Å²) in [7, 11) is 1.28. The zero-order valence-electron chi connectivity index (χ0n) is 58.1. The first kappa shape index (κ1) is 84.0. The molecule has 0 aromatic carbocycles. The van der Waals surface area contributed by atoms with E-state index >= 15 is 0 Å². The van der Waals surface area contributed by atoms with Gasteiger partial charge < -0.3 is 28.8 Å². The summed E-state index contributed by atoms with van der Waals surface area (Å²) in [5, 5.41) is 14.0. The highest BCUT2D eigenvalue weighted by molar-refractivity contribution is 7.45. The lowest BCUT2D eigenvalue weighted by Gasteiger charge is -2.29. The molecule has 85 heavy (non-hydrogen) atoms. The van der Waals surface area contributed by atoms with Gasteiger partial charge in [0.1, 0.15) is 13.2 Å². The van der Waals surface area contributed by atoms with Gasteiger partial charge in [-0.05, 0) is 44.9 Å². The molecule has 3 unspecified atom stereocenters. The van der Waals surface area contributed by atoms with E-state index in [1.54, 1.807) is 6.08 Å². The number of hydrogen-bond acceptors (Lipinski definition) is 6. The summed E-state index contributed by atoms with van der Waals surface area (Å²) in [6, 6.07) is -0.885. The molecule has 0 aliphatic heterocycles. The minimum absolute atomic E-state index is 0.00239. The largest absolute Gasteiger partial charge is 0.756 e. The van der Waals surface area contributed by atoms with Gasteiger partial charge in [-0.25, -0.2) is 0 Å². The number of phosphoric ester groups is 1. The summed E-state index contributed by atoms with van der Waals surface area (Å²) in [4.78, 5) is 25.7. The van der Waals surface area contributed by atoms with Crippen molar-refractivity contribution >= 4 is 13.7 Å². The van der Waals surface area contributed by atoms with Gasteiger partial charge in [-0.15, -0.1) is 0 Å². The molecule has 0 aliphatic carbocycles. The molecule has 506 valence electrons. The van der Waals surface area contributed by atoms with Crippen LogP contribution < -0.4 is 10.2 Å². The first-order chi connectivity index (χ1) is 41.5. The van der Waals surface area contributed by atoms with Gasteiger partial charge in [-0.2, -0.15) is 0 Å². The van der Waals surface area contributed by atoms with E-state index in [0.717, 1.165) is 38.5 Å². The molecule has 0 spiro atoms. The summed E-state index contributed by atoms with van der Waals surface area (Å²) < 4.78 is 23.5. The lowest BCUT2D eigenvalue weighted by molar-refractivity contribution is -0.870. The quantitative estimate of drug-likeness (QED) is 0.0272. The molecule has 0 fully saturated rings. The Morgan fingerprint density at radius 2 is 0.647 bits per heavy atom. The number of carbonyl (C=O) groups excluding carboxylic acids is 1. The van der Waals surface area contributed by atoms with Crippen LogP contribution in [-0.4, -0.2) is 68.5 Å². The SMILES string of the molecule is CCCCCCCCCC/C=C\CCCCCCCCCCCCCCCCCCCCCCCCCCCCCC(=O)NC(COP(=O)([O-])OCC[N+](C)(C)C)C(O)/C=C/CCCCCCCCCCCCCCCCCCCCCCCC. The molecular formula is C76H151N2O6P. The lowest BCUT2D eigenvalue weighted by atomic mass is 10.0. The number of nitrogens with one attached hydrogen (secondary N) is 1. The molecule has 0 radical (unpaired) electrons. The van der Waals surface area contributed by atoms with Crippen LogP contribution in [0, 0.1) is 0 Å². The molecule has 0 aromatic heterocycles. The first-order valence-electron chi connectivity index (χ1n) is 38.2. The molecule has 0 heterocycles. The predicted octanol–water partition coefficient (Wildman–Crippen LogP) is 24.0. The summed E-state index contributed by atoms with van der Waals surface area (Å²) in [6.07, 6.45) is 89.1. The lowest BCUT2D eigenvalue weighted by Crippen LogP contribution is -2.45. The maximum absolute atomic E-state index is 13.1. The molecular weight excluding hydrogens is 1070 g/mol. The Labute approximate surface area is 532 Å². The monoisotopic (exact) mass is 1220 g/mol. The number of unbranched alkanes of at least 4 members (excludes halogenated alkanes) is 57. The molecule has 2 N–H and O–H groups in total. The maximum atomic E-state index is 13.1. The van der Waals surface area contributed by atoms with Gasteiger partial charge in [0.15, 0.2) is 0 Å². The molecule has 9 heteroatoms. The third kappa shape index (κ3) is 70.3. The standard InChI is InChI=1S/C76H151N2O6P/c1-6-8-10-12-14-16-18-20-22-24-26-28-30-32-33-34-35-36-37-38-39-40-41-42-43-44-45-46-48-50-52-54-56-58-60-62-64-66-68-70-76(80)77-74(73-84-85(81,82)83-72-71-78(3,4)5)75(79)69-67-65-63-61-59-57-55-53-51-49-47-31-29-27-25-23-21-19-17-15-13-11-9-7-2/h24,26,67,69,74-75,79H,6-23,25,27-66,68,70-73H2,1-5H3,(H-,77,80,81,82)/b26-24-,69-67+. The van der Waals surface area contributed by atoms with E-state index in [4.69, 9.17) is 9.05 Å². The minimum atomic E-state index is -4.60. The number of aliphatic hydroxyl groups excluding tert-OH is 1. The van der Waals surface area contributed by atoms with Gasteiger partial charge in [0.05, 0.1) is 39.9 Å².